The van der Waals surface area contributed by atoms with Crippen LogP contribution in [0.25, 0.3) is 0 Å². The molecule has 2 unspecified atom stereocenters. The van der Waals surface area contributed by atoms with Crippen molar-refractivity contribution in [1.29, 1.82) is 0 Å². The molecule has 1 saturated heterocycles. The fraction of sp³-hybridized carbons (Fsp3) is 1.00. The SMILES string of the molecule is CCCCCCC1CCC(C2COC(CC)CO2)CC1. The minimum absolute atomic E-state index is 0.348. The Morgan fingerprint density at radius 3 is 2.25 bits per heavy atom. The quantitative estimate of drug-likeness (QED) is 0.615. The molecular weight excluding hydrogens is 248 g/mol. The second-order valence-corrected chi connectivity index (χ2v) is 6.87. The third kappa shape index (κ3) is 5.04. The Kier molecular flexibility index (Phi) is 7.37. The van der Waals surface area contributed by atoms with Crippen LogP contribution in [0.1, 0.15) is 78.1 Å². The molecule has 2 aliphatic rings. The van der Waals surface area contributed by atoms with Crippen molar-refractivity contribution in [2.24, 2.45) is 11.8 Å². The van der Waals surface area contributed by atoms with E-state index in [-0.39, 0.29) is 0 Å². The molecule has 2 fully saturated rings. The van der Waals surface area contributed by atoms with Crippen molar-refractivity contribution in [1.82, 2.24) is 0 Å². The van der Waals surface area contributed by atoms with Crippen LogP contribution in [-0.4, -0.2) is 25.4 Å². The summed E-state index contributed by atoms with van der Waals surface area (Å²) in [5, 5.41) is 0. The molecule has 0 N–H and O–H groups in total. The molecule has 2 heteroatoms. The monoisotopic (exact) mass is 282 g/mol. The first-order valence-corrected chi connectivity index (χ1v) is 9.06. The first-order valence-electron chi connectivity index (χ1n) is 9.06. The summed E-state index contributed by atoms with van der Waals surface area (Å²) in [5.41, 5.74) is 0. The van der Waals surface area contributed by atoms with E-state index in [2.05, 4.69) is 13.8 Å². The van der Waals surface area contributed by atoms with Crippen LogP contribution < -0.4 is 0 Å². The predicted molar refractivity (Wildman–Crippen MR) is 84.0 cm³/mol. The van der Waals surface area contributed by atoms with Crippen molar-refractivity contribution in [3.05, 3.63) is 0 Å². The first-order chi connectivity index (χ1) is 9.83. The summed E-state index contributed by atoms with van der Waals surface area (Å²) in [6.45, 7) is 6.13. The molecular formula is C18H34O2. The summed E-state index contributed by atoms with van der Waals surface area (Å²) in [6.07, 6.45) is 14.5. The average molecular weight is 282 g/mol. The highest BCUT2D eigenvalue weighted by molar-refractivity contribution is 4.80. The van der Waals surface area contributed by atoms with Crippen molar-refractivity contribution >= 4 is 0 Å². The highest BCUT2D eigenvalue weighted by Gasteiger charge is 2.31. The van der Waals surface area contributed by atoms with Gasteiger partial charge in [0.25, 0.3) is 0 Å². The molecule has 1 aliphatic carbocycles. The van der Waals surface area contributed by atoms with Crippen molar-refractivity contribution in [2.45, 2.75) is 90.3 Å². The van der Waals surface area contributed by atoms with Crippen molar-refractivity contribution in [3.63, 3.8) is 0 Å². The van der Waals surface area contributed by atoms with E-state index in [4.69, 9.17) is 9.47 Å². The highest BCUT2D eigenvalue weighted by Crippen LogP contribution is 2.35. The van der Waals surface area contributed by atoms with Gasteiger partial charge in [0.15, 0.2) is 0 Å². The molecule has 0 radical (unpaired) electrons. The van der Waals surface area contributed by atoms with E-state index in [0.29, 0.717) is 12.2 Å². The maximum Gasteiger partial charge on any atom is 0.0838 e. The van der Waals surface area contributed by atoms with Gasteiger partial charge in [-0.3, -0.25) is 0 Å². The van der Waals surface area contributed by atoms with Gasteiger partial charge in [-0.2, -0.15) is 0 Å². The molecule has 1 aliphatic heterocycles. The Morgan fingerprint density at radius 2 is 1.65 bits per heavy atom. The van der Waals surface area contributed by atoms with Gasteiger partial charge in [-0.15, -0.1) is 0 Å². The molecule has 2 nitrogen and oxygen atoms in total. The lowest BCUT2D eigenvalue weighted by Crippen LogP contribution is -2.40. The Balaban J connectivity index is 1.59. The zero-order chi connectivity index (χ0) is 14.2. The lowest BCUT2D eigenvalue weighted by atomic mass is 9.77. The van der Waals surface area contributed by atoms with Crippen LogP contribution >= 0.6 is 0 Å². The van der Waals surface area contributed by atoms with Gasteiger partial charge in [0.2, 0.25) is 0 Å². The minimum Gasteiger partial charge on any atom is -0.373 e. The molecule has 2 rings (SSSR count). The van der Waals surface area contributed by atoms with Gasteiger partial charge >= 0.3 is 0 Å². The zero-order valence-electron chi connectivity index (χ0n) is 13.6. The molecule has 1 saturated carbocycles. The standard InChI is InChI=1S/C18H34O2/c1-3-5-6-7-8-15-9-11-16(12-10-15)18-14-19-17(4-2)13-20-18/h15-18H,3-14H2,1-2H3. The lowest BCUT2D eigenvalue weighted by molar-refractivity contribution is -0.155. The van der Waals surface area contributed by atoms with Gasteiger partial charge in [0.1, 0.15) is 0 Å². The molecule has 1 heterocycles. The van der Waals surface area contributed by atoms with E-state index in [1.165, 1.54) is 57.8 Å². The van der Waals surface area contributed by atoms with Crippen molar-refractivity contribution in [2.75, 3.05) is 13.2 Å². The average Bonchev–Trinajstić information content (AvgIpc) is 2.52. The van der Waals surface area contributed by atoms with E-state index < -0.39 is 0 Å². The van der Waals surface area contributed by atoms with Crippen LogP contribution in [0.4, 0.5) is 0 Å². The van der Waals surface area contributed by atoms with Gasteiger partial charge in [-0.25, -0.2) is 0 Å². The second-order valence-electron chi connectivity index (χ2n) is 6.87. The summed E-state index contributed by atoms with van der Waals surface area (Å²) in [5.74, 6) is 1.76. The first kappa shape index (κ1) is 16.3. The number of unbranched alkanes of at least 4 members (excludes halogenated alkanes) is 3. The van der Waals surface area contributed by atoms with E-state index in [9.17, 15) is 0 Å². The highest BCUT2D eigenvalue weighted by atomic mass is 16.6. The van der Waals surface area contributed by atoms with Crippen LogP contribution in [0, 0.1) is 11.8 Å². The summed E-state index contributed by atoms with van der Waals surface area (Å²) in [4.78, 5) is 0. The smallest absolute Gasteiger partial charge is 0.0838 e. The van der Waals surface area contributed by atoms with Crippen LogP contribution in [0.2, 0.25) is 0 Å². The summed E-state index contributed by atoms with van der Waals surface area (Å²) >= 11 is 0. The molecule has 118 valence electrons. The lowest BCUT2D eigenvalue weighted by Gasteiger charge is -2.37. The predicted octanol–water partition coefficient (Wildman–Crippen LogP) is 4.96. The van der Waals surface area contributed by atoms with Crippen LogP contribution in [0.3, 0.4) is 0 Å². The molecule has 0 aromatic rings. The fourth-order valence-electron chi connectivity index (χ4n) is 3.77. The Hall–Kier alpha value is -0.0800. The molecule has 0 amide bonds. The molecule has 0 aromatic heterocycles. The molecule has 20 heavy (non-hydrogen) atoms. The topological polar surface area (TPSA) is 18.5 Å². The molecule has 0 aromatic carbocycles. The zero-order valence-corrected chi connectivity index (χ0v) is 13.6. The minimum atomic E-state index is 0.348. The number of hydrogen-bond donors (Lipinski definition) is 0. The van der Waals surface area contributed by atoms with Crippen LogP contribution in [-0.2, 0) is 9.47 Å². The summed E-state index contributed by atoms with van der Waals surface area (Å²) < 4.78 is 11.9. The maximum atomic E-state index is 6.04. The third-order valence-corrected chi connectivity index (χ3v) is 5.33. The Labute approximate surface area is 125 Å². The van der Waals surface area contributed by atoms with Gasteiger partial charge < -0.3 is 9.47 Å². The van der Waals surface area contributed by atoms with Gasteiger partial charge in [0.05, 0.1) is 25.4 Å². The van der Waals surface area contributed by atoms with E-state index in [0.717, 1.165) is 31.5 Å². The maximum absolute atomic E-state index is 6.04. The molecule has 2 atom stereocenters. The normalized spacial score (nSPS) is 35.1. The number of hydrogen-bond acceptors (Lipinski definition) is 2. The number of ether oxygens (including phenoxy) is 2. The van der Waals surface area contributed by atoms with Crippen LogP contribution in [0.15, 0.2) is 0 Å². The Morgan fingerprint density at radius 1 is 0.850 bits per heavy atom. The summed E-state index contributed by atoms with van der Waals surface area (Å²) in [6, 6.07) is 0. The van der Waals surface area contributed by atoms with E-state index in [1.807, 2.05) is 0 Å². The van der Waals surface area contributed by atoms with Gasteiger partial charge in [-0.1, -0.05) is 58.8 Å². The number of rotatable bonds is 7. The van der Waals surface area contributed by atoms with E-state index >= 15 is 0 Å². The molecule has 0 spiro atoms. The fourth-order valence-corrected chi connectivity index (χ4v) is 3.77. The largest absolute Gasteiger partial charge is 0.373 e. The second kappa shape index (κ2) is 9.04. The van der Waals surface area contributed by atoms with E-state index in [1.54, 1.807) is 0 Å². The summed E-state index contributed by atoms with van der Waals surface area (Å²) in [7, 11) is 0. The third-order valence-electron chi connectivity index (χ3n) is 5.33. The van der Waals surface area contributed by atoms with Crippen molar-refractivity contribution < 1.29 is 9.47 Å². The van der Waals surface area contributed by atoms with Gasteiger partial charge in [0, 0.05) is 0 Å². The van der Waals surface area contributed by atoms with Crippen LogP contribution in [0.5, 0.6) is 0 Å². The van der Waals surface area contributed by atoms with Gasteiger partial charge in [-0.05, 0) is 31.1 Å². The Bertz CT molecular complexity index is 238. The molecule has 0 bridgehead atoms. The van der Waals surface area contributed by atoms with Crippen molar-refractivity contribution in [3.8, 4) is 0 Å².